The minimum atomic E-state index is -0.00393. The minimum absolute atomic E-state index is 0.00393. The fourth-order valence-corrected chi connectivity index (χ4v) is 3.44. The summed E-state index contributed by atoms with van der Waals surface area (Å²) in [4.78, 5) is 26.3. The third-order valence-electron chi connectivity index (χ3n) is 4.97. The number of rotatable bonds is 8. The molecule has 7 heteroatoms. The van der Waals surface area contributed by atoms with Crippen LogP contribution in [-0.4, -0.2) is 50.2 Å². The second-order valence-electron chi connectivity index (χ2n) is 7.55. The van der Waals surface area contributed by atoms with Crippen molar-refractivity contribution in [1.82, 2.24) is 15.5 Å². The number of ether oxygens (including phenoxy) is 2. The lowest BCUT2D eigenvalue weighted by atomic mass is 9.93. The van der Waals surface area contributed by atoms with E-state index < -0.39 is 0 Å². The maximum atomic E-state index is 12.3. The van der Waals surface area contributed by atoms with E-state index in [-0.39, 0.29) is 18.0 Å². The van der Waals surface area contributed by atoms with Gasteiger partial charge in [-0.25, -0.2) is 4.79 Å². The van der Waals surface area contributed by atoms with Crippen LogP contribution in [0.15, 0.2) is 18.2 Å². The van der Waals surface area contributed by atoms with Gasteiger partial charge in [0.2, 0.25) is 5.91 Å². The molecule has 0 saturated carbocycles. The number of carbonyl (C=O) groups is 2. The van der Waals surface area contributed by atoms with Crippen molar-refractivity contribution >= 4 is 11.9 Å². The number of benzene rings is 1. The molecule has 7 nitrogen and oxygen atoms in total. The van der Waals surface area contributed by atoms with Gasteiger partial charge in [-0.2, -0.15) is 0 Å². The molecule has 1 atom stereocenters. The van der Waals surface area contributed by atoms with E-state index in [0.717, 1.165) is 43.7 Å². The largest absolute Gasteiger partial charge is 0.497 e. The second kappa shape index (κ2) is 10.8. The zero-order chi connectivity index (χ0) is 20.5. The van der Waals surface area contributed by atoms with E-state index in [1.807, 2.05) is 30.9 Å². The van der Waals surface area contributed by atoms with Gasteiger partial charge in [0, 0.05) is 43.7 Å². The lowest BCUT2D eigenvalue weighted by Crippen LogP contribution is -2.47. The van der Waals surface area contributed by atoms with Crippen LogP contribution < -0.4 is 20.1 Å². The molecule has 0 bridgehead atoms. The van der Waals surface area contributed by atoms with Gasteiger partial charge in [-0.15, -0.1) is 0 Å². The Kier molecular flexibility index (Phi) is 8.42. The molecule has 156 valence electrons. The zero-order valence-corrected chi connectivity index (χ0v) is 17.4. The lowest BCUT2D eigenvalue weighted by Gasteiger charge is -2.33. The van der Waals surface area contributed by atoms with Crippen molar-refractivity contribution in [2.75, 3.05) is 27.3 Å². The topological polar surface area (TPSA) is 79.9 Å². The SMILES string of the molecule is COc1ccc(CNC(=O)CCC2CCCN(C(=O)NC(C)C)C2)c(OC)c1. The molecule has 1 aliphatic heterocycles. The average molecular weight is 392 g/mol. The Morgan fingerprint density at radius 1 is 1.25 bits per heavy atom. The van der Waals surface area contributed by atoms with E-state index >= 15 is 0 Å². The fraction of sp³-hybridized carbons (Fsp3) is 0.619. The maximum Gasteiger partial charge on any atom is 0.317 e. The van der Waals surface area contributed by atoms with Crippen LogP contribution in [0.3, 0.4) is 0 Å². The van der Waals surface area contributed by atoms with Gasteiger partial charge in [-0.1, -0.05) is 0 Å². The number of hydrogen-bond acceptors (Lipinski definition) is 4. The van der Waals surface area contributed by atoms with Gasteiger partial charge < -0.3 is 25.0 Å². The first-order valence-corrected chi connectivity index (χ1v) is 9.96. The first-order valence-electron chi connectivity index (χ1n) is 9.96. The summed E-state index contributed by atoms with van der Waals surface area (Å²) in [6, 6.07) is 5.68. The third-order valence-corrected chi connectivity index (χ3v) is 4.97. The minimum Gasteiger partial charge on any atom is -0.497 e. The van der Waals surface area contributed by atoms with Crippen LogP contribution in [0.2, 0.25) is 0 Å². The number of nitrogens with zero attached hydrogens (tertiary/aromatic N) is 1. The molecule has 1 heterocycles. The third kappa shape index (κ3) is 6.62. The number of amides is 3. The Hall–Kier alpha value is -2.44. The summed E-state index contributed by atoms with van der Waals surface area (Å²) in [5.74, 6) is 1.79. The molecule has 2 N–H and O–H groups in total. The molecule has 2 rings (SSSR count). The second-order valence-corrected chi connectivity index (χ2v) is 7.55. The van der Waals surface area contributed by atoms with E-state index in [1.54, 1.807) is 20.3 Å². The first kappa shape index (κ1) is 21.9. The molecular formula is C21H33N3O4. The van der Waals surface area contributed by atoms with Crippen LogP contribution >= 0.6 is 0 Å². The molecule has 0 aliphatic carbocycles. The standard InChI is InChI=1S/C21H33N3O4/c1-15(2)23-21(26)24-11-5-6-16(14-24)7-10-20(25)22-13-17-8-9-18(27-3)12-19(17)28-4/h8-9,12,15-16H,5-7,10-11,13-14H2,1-4H3,(H,22,25)(H,23,26). The highest BCUT2D eigenvalue weighted by atomic mass is 16.5. The van der Waals surface area contributed by atoms with Gasteiger partial charge in [0.15, 0.2) is 0 Å². The molecular weight excluding hydrogens is 358 g/mol. The van der Waals surface area contributed by atoms with Crippen molar-refractivity contribution in [3.8, 4) is 11.5 Å². The Bertz CT molecular complexity index is 663. The molecule has 1 aromatic carbocycles. The number of urea groups is 1. The molecule has 1 fully saturated rings. The van der Waals surface area contributed by atoms with Gasteiger partial charge in [0.25, 0.3) is 0 Å². The van der Waals surface area contributed by atoms with Crippen LogP contribution in [0, 0.1) is 5.92 Å². The summed E-state index contributed by atoms with van der Waals surface area (Å²) in [6.45, 7) is 5.85. The Balaban J connectivity index is 1.77. The van der Waals surface area contributed by atoms with Crippen LogP contribution in [0.5, 0.6) is 11.5 Å². The number of nitrogens with one attached hydrogen (secondary N) is 2. The molecule has 0 spiro atoms. The normalized spacial score (nSPS) is 16.6. The number of carbonyl (C=O) groups excluding carboxylic acids is 2. The Morgan fingerprint density at radius 2 is 2.04 bits per heavy atom. The molecule has 1 saturated heterocycles. The molecule has 1 aromatic rings. The van der Waals surface area contributed by atoms with Crippen molar-refractivity contribution in [1.29, 1.82) is 0 Å². The average Bonchev–Trinajstić information content (AvgIpc) is 2.70. The Labute approximate surface area is 167 Å². The van der Waals surface area contributed by atoms with Crippen molar-refractivity contribution in [2.24, 2.45) is 5.92 Å². The van der Waals surface area contributed by atoms with E-state index in [0.29, 0.717) is 24.6 Å². The van der Waals surface area contributed by atoms with Crippen molar-refractivity contribution < 1.29 is 19.1 Å². The van der Waals surface area contributed by atoms with Crippen molar-refractivity contribution in [3.05, 3.63) is 23.8 Å². The van der Waals surface area contributed by atoms with Crippen molar-refractivity contribution in [2.45, 2.75) is 52.1 Å². The van der Waals surface area contributed by atoms with Crippen LogP contribution in [0.4, 0.5) is 4.79 Å². The first-order chi connectivity index (χ1) is 13.4. The molecule has 0 radical (unpaired) electrons. The summed E-state index contributed by atoms with van der Waals surface area (Å²) in [6.07, 6.45) is 3.30. The number of likely N-dealkylation sites (tertiary alicyclic amines) is 1. The summed E-state index contributed by atoms with van der Waals surface area (Å²) in [5.41, 5.74) is 0.908. The Morgan fingerprint density at radius 3 is 2.71 bits per heavy atom. The predicted molar refractivity (Wildman–Crippen MR) is 109 cm³/mol. The van der Waals surface area contributed by atoms with Crippen molar-refractivity contribution in [3.63, 3.8) is 0 Å². The highest BCUT2D eigenvalue weighted by Crippen LogP contribution is 2.25. The predicted octanol–water partition coefficient (Wildman–Crippen LogP) is 2.93. The van der Waals surface area contributed by atoms with Gasteiger partial charge >= 0.3 is 6.03 Å². The summed E-state index contributed by atoms with van der Waals surface area (Å²) in [5, 5.41) is 5.90. The summed E-state index contributed by atoms with van der Waals surface area (Å²) < 4.78 is 10.6. The maximum absolute atomic E-state index is 12.3. The highest BCUT2D eigenvalue weighted by molar-refractivity contribution is 5.76. The lowest BCUT2D eigenvalue weighted by molar-refractivity contribution is -0.121. The molecule has 1 unspecified atom stereocenters. The van der Waals surface area contributed by atoms with E-state index in [9.17, 15) is 9.59 Å². The summed E-state index contributed by atoms with van der Waals surface area (Å²) in [7, 11) is 3.21. The van der Waals surface area contributed by atoms with Crippen LogP contribution in [0.1, 0.15) is 45.1 Å². The molecule has 3 amide bonds. The van der Waals surface area contributed by atoms with Crippen LogP contribution in [0.25, 0.3) is 0 Å². The monoisotopic (exact) mass is 391 g/mol. The smallest absolute Gasteiger partial charge is 0.317 e. The van der Waals surface area contributed by atoms with Gasteiger partial charge in [-0.3, -0.25) is 4.79 Å². The van der Waals surface area contributed by atoms with E-state index in [1.165, 1.54) is 0 Å². The number of hydrogen-bond donors (Lipinski definition) is 2. The fourth-order valence-electron chi connectivity index (χ4n) is 3.44. The highest BCUT2D eigenvalue weighted by Gasteiger charge is 2.24. The molecule has 1 aliphatic rings. The quantitative estimate of drug-likeness (QED) is 0.714. The van der Waals surface area contributed by atoms with E-state index in [4.69, 9.17) is 9.47 Å². The molecule has 0 aromatic heterocycles. The van der Waals surface area contributed by atoms with Gasteiger partial charge in [0.1, 0.15) is 11.5 Å². The van der Waals surface area contributed by atoms with Gasteiger partial charge in [-0.05, 0) is 51.2 Å². The van der Waals surface area contributed by atoms with Crippen LogP contribution in [-0.2, 0) is 11.3 Å². The number of piperidine rings is 1. The number of methoxy groups -OCH3 is 2. The zero-order valence-electron chi connectivity index (χ0n) is 17.4. The summed E-state index contributed by atoms with van der Waals surface area (Å²) >= 11 is 0. The van der Waals surface area contributed by atoms with E-state index in [2.05, 4.69) is 10.6 Å². The molecule has 28 heavy (non-hydrogen) atoms. The van der Waals surface area contributed by atoms with Gasteiger partial charge in [0.05, 0.1) is 14.2 Å².